The minimum Gasteiger partial charge on any atom is -0.502 e. The molecule has 0 bridgehead atoms. The first kappa shape index (κ1) is 20.3. The van der Waals surface area contributed by atoms with Gasteiger partial charge in [0.05, 0.1) is 18.3 Å². The lowest BCUT2D eigenvalue weighted by Crippen LogP contribution is -2.51. The van der Waals surface area contributed by atoms with E-state index in [1.165, 1.54) is 39.9 Å². The predicted molar refractivity (Wildman–Crippen MR) is 108 cm³/mol. The summed E-state index contributed by atoms with van der Waals surface area (Å²) in [6, 6.07) is 8.03. The molecule has 0 aliphatic carbocycles. The molecule has 32 heavy (non-hydrogen) atoms. The van der Waals surface area contributed by atoms with E-state index in [1.54, 1.807) is 6.07 Å². The molecule has 1 aromatic heterocycles. The van der Waals surface area contributed by atoms with Gasteiger partial charge in [-0.15, -0.1) is 0 Å². The molecule has 0 unspecified atom stereocenters. The van der Waals surface area contributed by atoms with Gasteiger partial charge in [0.2, 0.25) is 5.43 Å². The summed E-state index contributed by atoms with van der Waals surface area (Å²) in [7, 11) is 0. The average molecular weight is 441 g/mol. The summed E-state index contributed by atoms with van der Waals surface area (Å²) in [5.74, 6) is -5.28. The first-order chi connectivity index (χ1) is 15.4. The number of fused-ring (bicyclic) bond motifs is 2. The number of carbonyl (C=O) groups is 1. The average Bonchev–Trinajstić information content (AvgIpc) is 3.27. The summed E-state index contributed by atoms with van der Waals surface area (Å²) in [5.41, 5.74) is -1.18. The van der Waals surface area contributed by atoms with Crippen molar-refractivity contribution in [1.82, 2.24) is 14.7 Å². The van der Waals surface area contributed by atoms with E-state index in [4.69, 9.17) is 0 Å². The largest absolute Gasteiger partial charge is 0.502 e. The number of carbonyl (C=O) groups excluding carboxylic acids is 1. The van der Waals surface area contributed by atoms with Crippen LogP contribution in [0.15, 0.2) is 53.5 Å². The van der Waals surface area contributed by atoms with Crippen molar-refractivity contribution in [3.63, 3.8) is 0 Å². The van der Waals surface area contributed by atoms with Gasteiger partial charge in [0, 0.05) is 18.0 Å². The van der Waals surface area contributed by atoms with Crippen molar-refractivity contribution < 1.29 is 23.1 Å². The highest BCUT2D eigenvalue weighted by Gasteiger charge is 2.49. The molecule has 164 valence electrons. The normalized spacial score (nSPS) is 20.7. The molecule has 1 saturated heterocycles. The van der Waals surface area contributed by atoms with Crippen LogP contribution in [-0.2, 0) is 0 Å². The van der Waals surface area contributed by atoms with E-state index in [9.17, 15) is 19.1 Å². The molecule has 9 heteroatoms. The van der Waals surface area contributed by atoms with Crippen molar-refractivity contribution in [3.8, 4) is 5.75 Å². The molecule has 2 aromatic carbocycles. The number of benzene rings is 2. The number of halogens is 3. The van der Waals surface area contributed by atoms with Crippen LogP contribution in [0.2, 0.25) is 0 Å². The van der Waals surface area contributed by atoms with E-state index < -0.39 is 52.5 Å². The summed E-state index contributed by atoms with van der Waals surface area (Å²) in [6.45, 7) is 0.359. The summed E-state index contributed by atoms with van der Waals surface area (Å²) in [4.78, 5) is 26.6. The van der Waals surface area contributed by atoms with Crippen LogP contribution in [0.1, 0.15) is 46.4 Å². The van der Waals surface area contributed by atoms with E-state index in [0.29, 0.717) is 19.4 Å². The number of aromatic nitrogens is 2. The minimum absolute atomic E-state index is 0.0918. The van der Waals surface area contributed by atoms with Gasteiger partial charge >= 0.3 is 0 Å². The Morgan fingerprint density at radius 3 is 2.50 bits per heavy atom. The summed E-state index contributed by atoms with van der Waals surface area (Å²) >= 11 is 0. The Morgan fingerprint density at radius 2 is 1.72 bits per heavy atom. The van der Waals surface area contributed by atoms with Gasteiger partial charge in [-0.05, 0) is 30.5 Å². The smallest absolute Gasteiger partial charge is 0.276 e. The van der Waals surface area contributed by atoms with Crippen molar-refractivity contribution in [2.45, 2.75) is 30.8 Å². The highest BCUT2D eigenvalue weighted by atomic mass is 19.2. The van der Waals surface area contributed by atoms with Gasteiger partial charge in [-0.1, -0.05) is 30.3 Å². The van der Waals surface area contributed by atoms with Crippen LogP contribution in [-0.4, -0.2) is 38.3 Å². The van der Waals surface area contributed by atoms with Crippen molar-refractivity contribution in [2.75, 3.05) is 6.54 Å². The Hall–Kier alpha value is -3.62. The van der Waals surface area contributed by atoms with E-state index >= 15 is 8.78 Å². The second-order valence-electron chi connectivity index (χ2n) is 7.99. The fourth-order valence-electron chi connectivity index (χ4n) is 4.97. The Morgan fingerprint density at radius 1 is 1.00 bits per heavy atom. The number of amides is 1. The van der Waals surface area contributed by atoms with Crippen LogP contribution in [0.3, 0.4) is 0 Å². The van der Waals surface area contributed by atoms with Gasteiger partial charge in [0.15, 0.2) is 23.1 Å². The molecule has 5 rings (SSSR count). The number of aromatic hydroxyl groups is 1. The monoisotopic (exact) mass is 441 g/mol. The van der Waals surface area contributed by atoms with Gasteiger partial charge in [-0.2, -0.15) is 5.10 Å². The van der Waals surface area contributed by atoms with Crippen molar-refractivity contribution >= 4 is 5.91 Å². The Balaban J connectivity index is 1.83. The zero-order chi connectivity index (χ0) is 22.6. The molecular formula is C23H18F3N3O3. The molecule has 0 radical (unpaired) electrons. The van der Waals surface area contributed by atoms with Gasteiger partial charge in [-0.3, -0.25) is 14.3 Å². The van der Waals surface area contributed by atoms with E-state index in [2.05, 4.69) is 5.10 Å². The highest BCUT2D eigenvalue weighted by molar-refractivity contribution is 5.96. The lowest BCUT2D eigenvalue weighted by molar-refractivity contribution is 0.0563. The standard InChI is InChI=1S/C23H18F3N3O3/c24-14-7-2-1-5-12(14)18(13-6-3-8-15(25)19(13)26)20-16-9-4-10-28(16)23(32)21-22(31)17(30)11-27-29(20)21/h1-3,5-8,11,16,18,20,31H,4,9-10H2/t16-,18-,20-/m1/s1. The maximum absolute atomic E-state index is 15.1. The lowest BCUT2D eigenvalue weighted by atomic mass is 9.79. The van der Waals surface area contributed by atoms with Crippen LogP contribution in [0, 0.1) is 17.5 Å². The fraction of sp³-hybridized carbons (Fsp3) is 0.261. The van der Waals surface area contributed by atoms with Gasteiger partial charge in [-0.25, -0.2) is 13.2 Å². The van der Waals surface area contributed by atoms with Crippen LogP contribution >= 0.6 is 0 Å². The lowest BCUT2D eigenvalue weighted by Gasteiger charge is -2.42. The molecule has 2 aliphatic heterocycles. The molecule has 0 saturated carbocycles. The van der Waals surface area contributed by atoms with Gasteiger partial charge < -0.3 is 10.0 Å². The topological polar surface area (TPSA) is 75.4 Å². The Labute approximate surface area is 180 Å². The maximum atomic E-state index is 15.1. The summed E-state index contributed by atoms with van der Waals surface area (Å²) < 4.78 is 45.5. The second-order valence-corrected chi connectivity index (χ2v) is 7.99. The molecule has 1 N–H and O–H groups in total. The maximum Gasteiger partial charge on any atom is 0.276 e. The first-order valence-corrected chi connectivity index (χ1v) is 10.2. The third-order valence-corrected chi connectivity index (χ3v) is 6.32. The van der Waals surface area contributed by atoms with Crippen LogP contribution < -0.4 is 5.43 Å². The molecule has 2 aliphatic rings. The second kappa shape index (κ2) is 7.51. The number of nitrogens with zero attached hydrogens (tertiary/aromatic N) is 3. The van der Waals surface area contributed by atoms with Crippen molar-refractivity contribution in [3.05, 3.63) is 93.2 Å². The molecule has 1 amide bonds. The van der Waals surface area contributed by atoms with Crippen molar-refractivity contribution in [1.29, 1.82) is 0 Å². The summed E-state index contributed by atoms with van der Waals surface area (Å²) in [6.07, 6.45) is 2.01. The van der Waals surface area contributed by atoms with Gasteiger partial charge in [0.1, 0.15) is 5.82 Å². The van der Waals surface area contributed by atoms with Crippen molar-refractivity contribution in [2.24, 2.45) is 0 Å². The third-order valence-electron chi connectivity index (χ3n) is 6.32. The SMILES string of the molecule is O=C1c2c(O)c(=O)cnn2[C@@H]([C@H](c2ccccc2F)c2cccc(F)c2F)[C@H]2CCCN12. The van der Waals surface area contributed by atoms with Gasteiger partial charge in [0.25, 0.3) is 5.91 Å². The number of rotatable bonds is 3. The van der Waals surface area contributed by atoms with Crippen LogP contribution in [0.25, 0.3) is 0 Å². The molecule has 3 aromatic rings. The van der Waals surface area contributed by atoms with Crippen LogP contribution in [0.5, 0.6) is 5.75 Å². The van der Waals surface area contributed by atoms with E-state index in [-0.39, 0.29) is 16.8 Å². The first-order valence-electron chi connectivity index (χ1n) is 10.2. The predicted octanol–water partition coefficient (Wildman–Crippen LogP) is 3.36. The Kier molecular flexibility index (Phi) is 4.76. The molecular weight excluding hydrogens is 423 g/mol. The number of hydrogen-bond acceptors (Lipinski definition) is 4. The Bertz CT molecular complexity index is 1290. The molecule has 3 atom stereocenters. The number of hydrogen-bond donors (Lipinski definition) is 1. The quantitative estimate of drug-likeness (QED) is 0.677. The highest BCUT2D eigenvalue weighted by Crippen LogP contribution is 2.46. The van der Waals surface area contributed by atoms with E-state index in [1.807, 2.05) is 0 Å². The molecule has 6 nitrogen and oxygen atoms in total. The molecule has 0 spiro atoms. The minimum atomic E-state index is -1.13. The fourth-order valence-corrected chi connectivity index (χ4v) is 4.97. The van der Waals surface area contributed by atoms with Crippen LogP contribution in [0.4, 0.5) is 13.2 Å². The third kappa shape index (κ3) is 2.91. The zero-order valence-electron chi connectivity index (χ0n) is 16.7. The molecule has 1 fully saturated rings. The summed E-state index contributed by atoms with van der Waals surface area (Å²) in [5, 5.41) is 14.5. The molecule has 3 heterocycles. The zero-order valence-corrected chi connectivity index (χ0v) is 16.7. The van der Waals surface area contributed by atoms with E-state index in [0.717, 1.165) is 12.3 Å².